The van der Waals surface area contributed by atoms with Crippen molar-refractivity contribution in [1.29, 1.82) is 0 Å². The number of imidazole rings is 1. The van der Waals surface area contributed by atoms with E-state index in [-0.39, 0.29) is 17.6 Å². The van der Waals surface area contributed by atoms with Gasteiger partial charge >= 0.3 is 0 Å². The maximum absolute atomic E-state index is 13.0. The Morgan fingerprint density at radius 3 is 2.64 bits per heavy atom. The third-order valence-electron chi connectivity index (χ3n) is 6.76. The second-order valence-electron chi connectivity index (χ2n) is 9.41. The summed E-state index contributed by atoms with van der Waals surface area (Å²) in [5, 5.41) is 0.648. The normalized spacial score (nSPS) is 16.9. The molecule has 2 aliphatic rings. The number of hydrogen-bond acceptors (Lipinski definition) is 6. The molecule has 3 aromatic rings. The molecule has 9 nitrogen and oxygen atoms in total. The molecule has 2 aliphatic heterocycles. The molecule has 0 atom stereocenters. The van der Waals surface area contributed by atoms with Gasteiger partial charge in [-0.25, -0.2) is 4.98 Å². The number of benzene rings is 1. The first kappa shape index (κ1) is 24.8. The first-order valence-corrected chi connectivity index (χ1v) is 13.0. The van der Waals surface area contributed by atoms with Crippen LogP contribution in [0.4, 0.5) is 0 Å². The molecule has 0 aliphatic carbocycles. The number of unbranched alkanes of at least 4 members (excludes halogenated alkanes) is 2. The van der Waals surface area contributed by atoms with Gasteiger partial charge in [0.05, 0.1) is 44.6 Å². The molecular weight excluding hydrogens is 482 g/mol. The molecule has 0 saturated carbocycles. The number of morpholine rings is 1. The van der Waals surface area contributed by atoms with Crippen molar-refractivity contribution < 1.29 is 14.3 Å². The fourth-order valence-corrected chi connectivity index (χ4v) is 4.73. The zero-order valence-electron chi connectivity index (χ0n) is 20.6. The summed E-state index contributed by atoms with van der Waals surface area (Å²) in [5.74, 6) is 1.16. The number of ether oxygens (including phenoxy) is 2. The van der Waals surface area contributed by atoms with E-state index >= 15 is 0 Å². The van der Waals surface area contributed by atoms with Gasteiger partial charge in [0.1, 0.15) is 6.10 Å². The maximum atomic E-state index is 13.0. The minimum Gasteiger partial charge on any atom is -0.472 e. The average molecular weight is 514 g/mol. The molecule has 5 rings (SSSR count). The standard InChI is InChI=1S/C26H32ClN5O4/c1-2-3-4-9-31-25(36-21-15-30(16-21)24(34)18-29-10-12-35-13-11-29)14-23(33)32-17-22(28-26(31)32)19-5-7-20(27)8-6-19/h5-8,14,17,21H,2-4,9-13,15-16,18H2,1H3. The Labute approximate surface area is 215 Å². The third-order valence-corrected chi connectivity index (χ3v) is 7.01. The van der Waals surface area contributed by atoms with Crippen molar-refractivity contribution in [2.24, 2.45) is 0 Å². The number of halogens is 1. The largest absolute Gasteiger partial charge is 0.472 e. The van der Waals surface area contributed by atoms with Crippen LogP contribution < -0.4 is 10.3 Å². The van der Waals surface area contributed by atoms with Gasteiger partial charge in [-0.15, -0.1) is 0 Å². The highest BCUT2D eigenvalue weighted by molar-refractivity contribution is 6.30. The van der Waals surface area contributed by atoms with Gasteiger partial charge in [0, 0.05) is 36.4 Å². The van der Waals surface area contributed by atoms with Crippen LogP contribution in [0.3, 0.4) is 0 Å². The minimum atomic E-state index is -0.195. The van der Waals surface area contributed by atoms with Crippen LogP contribution in [0.1, 0.15) is 26.2 Å². The van der Waals surface area contributed by atoms with Gasteiger partial charge in [-0.05, 0) is 18.6 Å². The number of aryl methyl sites for hydroxylation is 1. The summed E-state index contributed by atoms with van der Waals surface area (Å²) in [6, 6.07) is 8.94. The fourth-order valence-electron chi connectivity index (χ4n) is 4.60. The zero-order chi connectivity index (χ0) is 25.1. The highest BCUT2D eigenvalue weighted by atomic mass is 35.5. The Hall–Kier alpha value is -2.88. The van der Waals surface area contributed by atoms with Gasteiger partial charge in [-0.1, -0.05) is 43.5 Å². The van der Waals surface area contributed by atoms with Crippen LogP contribution in [-0.2, 0) is 16.1 Å². The molecule has 4 heterocycles. The topological polar surface area (TPSA) is 81.3 Å². The summed E-state index contributed by atoms with van der Waals surface area (Å²) in [6.07, 6.45) is 4.71. The van der Waals surface area contributed by atoms with Gasteiger partial charge in [0.15, 0.2) is 0 Å². The lowest BCUT2D eigenvalue weighted by molar-refractivity contribution is -0.142. The van der Waals surface area contributed by atoms with Crippen LogP contribution in [0.15, 0.2) is 41.3 Å². The van der Waals surface area contributed by atoms with E-state index in [4.69, 9.17) is 26.1 Å². The highest BCUT2D eigenvalue weighted by Crippen LogP contribution is 2.24. The quantitative estimate of drug-likeness (QED) is 0.409. The number of carbonyl (C=O) groups excluding carboxylic acids is 1. The monoisotopic (exact) mass is 513 g/mol. The molecule has 1 amide bonds. The molecule has 0 radical (unpaired) electrons. The summed E-state index contributed by atoms with van der Waals surface area (Å²) in [5.41, 5.74) is 1.39. The lowest BCUT2D eigenvalue weighted by Crippen LogP contribution is -2.58. The Balaban J connectivity index is 1.33. The second-order valence-corrected chi connectivity index (χ2v) is 9.85. The SMILES string of the molecule is CCCCCn1c(OC2CN(C(=O)CN3CCOCC3)C2)cc(=O)n2cc(-c3ccc(Cl)cc3)nc12. The molecule has 0 bridgehead atoms. The van der Waals surface area contributed by atoms with Crippen LogP contribution in [-0.4, -0.2) is 81.7 Å². The first-order valence-electron chi connectivity index (χ1n) is 12.6. The van der Waals surface area contributed by atoms with Crippen molar-refractivity contribution in [3.63, 3.8) is 0 Å². The Bertz CT molecular complexity index is 1260. The molecule has 0 spiro atoms. The molecule has 1 aromatic carbocycles. The van der Waals surface area contributed by atoms with E-state index in [1.54, 1.807) is 10.6 Å². The van der Waals surface area contributed by atoms with Crippen molar-refractivity contribution in [2.75, 3.05) is 45.9 Å². The van der Waals surface area contributed by atoms with E-state index in [1.807, 2.05) is 33.7 Å². The van der Waals surface area contributed by atoms with Gasteiger partial charge in [0.25, 0.3) is 5.56 Å². The summed E-state index contributed by atoms with van der Waals surface area (Å²) < 4.78 is 15.2. The van der Waals surface area contributed by atoms with Crippen molar-refractivity contribution in [3.8, 4) is 17.1 Å². The Kier molecular flexibility index (Phi) is 7.59. The molecule has 0 N–H and O–H groups in total. The highest BCUT2D eigenvalue weighted by Gasteiger charge is 2.34. The van der Waals surface area contributed by atoms with E-state index in [9.17, 15) is 9.59 Å². The molecule has 36 heavy (non-hydrogen) atoms. The number of hydrogen-bond donors (Lipinski definition) is 0. The van der Waals surface area contributed by atoms with E-state index in [2.05, 4.69) is 11.8 Å². The summed E-state index contributed by atoms with van der Waals surface area (Å²) >= 11 is 6.04. The van der Waals surface area contributed by atoms with Crippen LogP contribution >= 0.6 is 11.6 Å². The number of fused-ring (bicyclic) bond motifs is 1. The van der Waals surface area contributed by atoms with Gasteiger partial charge < -0.3 is 14.4 Å². The zero-order valence-corrected chi connectivity index (χ0v) is 21.3. The van der Waals surface area contributed by atoms with Gasteiger partial charge in [-0.2, -0.15) is 0 Å². The van der Waals surface area contributed by atoms with E-state index < -0.39 is 0 Å². The van der Waals surface area contributed by atoms with Crippen LogP contribution in [0.25, 0.3) is 17.0 Å². The molecule has 10 heteroatoms. The Morgan fingerprint density at radius 1 is 1.17 bits per heavy atom. The number of rotatable bonds is 9. The van der Waals surface area contributed by atoms with Crippen molar-refractivity contribution in [1.82, 2.24) is 23.8 Å². The van der Waals surface area contributed by atoms with E-state index in [0.29, 0.717) is 61.8 Å². The molecular formula is C26H32ClN5O4. The van der Waals surface area contributed by atoms with E-state index in [1.165, 1.54) is 6.07 Å². The van der Waals surface area contributed by atoms with E-state index in [0.717, 1.165) is 37.9 Å². The molecule has 2 fully saturated rings. The minimum absolute atomic E-state index is 0.105. The summed E-state index contributed by atoms with van der Waals surface area (Å²) in [7, 11) is 0. The lowest BCUT2D eigenvalue weighted by Gasteiger charge is -2.40. The third kappa shape index (κ3) is 5.43. The first-order chi connectivity index (χ1) is 17.5. The summed E-state index contributed by atoms with van der Waals surface area (Å²) in [6.45, 7) is 7.20. The number of nitrogens with zero attached hydrogens (tertiary/aromatic N) is 5. The smallest absolute Gasteiger partial charge is 0.262 e. The predicted molar refractivity (Wildman–Crippen MR) is 138 cm³/mol. The predicted octanol–water partition coefficient (Wildman–Crippen LogP) is 2.93. The van der Waals surface area contributed by atoms with Crippen LogP contribution in [0.5, 0.6) is 5.88 Å². The van der Waals surface area contributed by atoms with Crippen LogP contribution in [0.2, 0.25) is 5.02 Å². The Morgan fingerprint density at radius 2 is 1.92 bits per heavy atom. The van der Waals surface area contributed by atoms with Gasteiger partial charge in [0.2, 0.25) is 17.6 Å². The number of amides is 1. The van der Waals surface area contributed by atoms with Crippen LogP contribution in [0, 0.1) is 0 Å². The van der Waals surface area contributed by atoms with Crippen molar-refractivity contribution in [2.45, 2.75) is 38.8 Å². The fraction of sp³-hybridized carbons (Fsp3) is 0.500. The van der Waals surface area contributed by atoms with Gasteiger partial charge in [-0.3, -0.25) is 23.5 Å². The second kappa shape index (κ2) is 11.0. The average Bonchev–Trinajstić information content (AvgIpc) is 3.30. The maximum Gasteiger partial charge on any atom is 0.262 e. The molecule has 2 aromatic heterocycles. The number of carbonyl (C=O) groups is 1. The van der Waals surface area contributed by atoms with Crippen molar-refractivity contribution >= 4 is 23.3 Å². The molecule has 192 valence electrons. The van der Waals surface area contributed by atoms with Crippen molar-refractivity contribution in [3.05, 3.63) is 51.9 Å². The lowest BCUT2D eigenvalue weighted by atomic mass is 10.1. The molecule has 2 saturated heterocycles. The number of likely N-dealkylation sites (tertiary alicyclic amines) is 1. The molecule has 0 unspecified atom stereocenters. The summed E-state index contributed by atoms with van der Waals surface area (Å²) in [4.78, 5) is 34.3. The number of aromatic nitrogens is 3.